The Morgan fingerprint density at radius 3 is 2.50 bits per heavy atom. The molecule has 18 heavy (non-hydrogen) atoms. The lowest BCUT2D eigenvalue weighted by Crippen LogP contribution is -2.43. The normalized spacial score (nSPS) is 13.0. The number of benzene rings is 1. The SMILES string of the molecule is C[n+]1cc2cccc(O[Si](C)(C)C(C)(C)C)c2[nH]1. The lowest BCUT2D eigenvalue weighted by atomic mass is 10.2. The Labute approximate surface area is 110 Å². The second-order valence-corrected chi connectivity index (χ2v) is 11.2. The number of hydrogen-bond acceptors (Lipinski definition) is 1. The van der Waals surface area contributed by atoms with Crippen molar-refractivity contribution >= 4 is 19.2 Å². The maximum absolute atomic E-state index is 6.39. The van der Waals surface area contributed by atoms with Crippen molar-refractivity contribution in [3.8, 4) is 5.75 Å². The fraction of sp³-hybridized carbons (Fsp3) is 0.500. The van der Waals surface area contributed by atoms with E-state index in [0.29, 0.717) is 0 Å². The van der Waals surface area contributed by atoms with E-state index in [2.05, 4.69) is 63.4 Å². The molecule has 0 fully saturated rings. The Hall–Kier alpha value is -1.29. The van der Waals surface area contributed by atoms with Crippen LogP contribution in [-0.4, -0.2) is 13.4 Å². The fourth-order valence-electron chi connectivity index (χ4n) is 1.71. The number of hydrogen-bond donors (Lipinski definition) is 1. The third kappa shape index (κ3) is 2.29. The minimum Gasteiger partial charge on any atom is -0.542 e. The van der Waals surface area contributed by atoms with Gasteiger partial charge in [0.1, 0.15) is 11.3 Å². The van der Waals surface area contributed by atoms with Crippen molar-refractivity contribution in [3.63, 3.8) is 0 Å². The summed E-state index contributed by atoms with van der Waals surface area (Å²) in [6.45, 7) is 11.3. The zero-order valence-corrected chi connectivity index (χ0v) is 13.2. The highest BCUT2D eigenvalue weighted by Crippen LogP contribution is 2.38. The molecule has 1 aromatic carbocycles. The first kappa shape index (κ1) is 13.1. The summed E-state index contributed by atoms with van der Waals surface area (Å²) in [5, 5.41) is 4.72. The van der Waals surface area contributed by atoms with Crippen LogP contribution in [0.3, 0.4) is 0 Å². The van der Waals surface area contributed by atoms with Gasteiger partial charge in [-0.2, -0.15) is 5.10 Å². The van der Waals surface area contributed by atoms with Crippen molar-refractivity contribution < 1.29 is 9.11 Å². The minimum atomic E-state index is -1.78. The van der Waals surface area contributed by atoms with Crippen molar-refractivity contribution in [1.29, 1.82) is 0 Å². The van der Waals surface area contributed by atoms with Gasteiger partial charge in [-0.25, -0.2) is 0 Å². The Bertz CT molecular complexity index is 567. The van der Waals surface area contributed by atoms with Gasteiger partial charge in [0, 0.05) is 0 Å². The molecule has 0 saturated heterocycles. The molecule has 1 N–H and O–H groups in total. The van der Waals surface area contributed by atoms with E-state index < -0.39 is 8.32 Å². The molecule has 98 valence electrons. The number of aryl methyl sites for hydroxylation is 1. The lowest BCUT2D eigenvalue weighted by Gasteiger charge is -2.36. The minimum absolute atomic E-state index is 0.212. The lowest BCUT2D eigenvalue weighted by molar-refractivity contribution is -0.724. The summed E-state index contributed by atoms with van der Waals surface area (Å²) in [6, 6.07) is 6.21. The molecule has 1 aromatic heterocycles. The fourth-order valence-corrected chi connectivity index (χ4v) is 2.73. The molecule has 0 amide bonds. The maximum Gasteiger partial charge on any atom is 0.250 e. The zero-order chi connectivity index (χ0) is 13.6. The number of aromatic amines is 1. The molecule has 2 aromatic rings. The van der Waals surface area contributed by atoms with Gasteiger partial charge in [0.2, 0.25) is 6.20 Å². The molecule has 2 rings (SSSR count). The first-order chi connectivity index (χ1) is 8.21. The van der Waals surface area contributed by atoms with Crippen LogP contribution < -0.4 is 9.11 Å². The van der Waals surface area contributed by atoms with E-state index in [1.807, 2.05) is 11.7 Å². The first-order valence-electron chi connectivity index (χ1n) is 6.37. The number of H-pyrrole nitrogens is 1. The quantitative estimate of drug-likeness (QED) is 0.653. The Kier molecular flexibility index (Phi) is 3.01. The number of rotatable bonds is 2. The maximum atomic E-state index is 6.39. The average Bonchev–Trinajstić information content (AvgIpc) is 2.57. The zero-order valence-electron chi connectivity index (χ0n) is 12.2. The van der Waals surface area contributed by atoms with Gasteiger partial charge in [-0.05, 0) is 30.3 Å². The van der Waals surface area contributed by atoms with Gasteiger partial charge in [0.15, 0.2) is 7.05 Å². The molecule has 0 aliphatic carbocycles. The van der Waals surface area contributed by atoms with E-state index in [4.69, 9.17) is 4.43 Å². The van der Waals surface area contributed by atoms with Crippen LogP contribution >= 0.6 is 0 Å². The summed E-state index contributed by atoms with van der Waals surface area (Å²) in [5.74, 6) is 0.972. The van der Waals surface area contributed by atoms with E-state index in [9.17, 15) is 0 Å². The Balaban J connectivity index is 2.44. The molecule has 0 bridgehead atoms. The monoisotopic (exact) mass is 263 g/mol. The predicted octanol–water partition coefficient (Wildman–Crippen LogP) is 3.38. The first-order valence-corrected chi connectivity index (χ1v) is 9.28. The van der Waals surface area contributed by atoms with Gasteiger partial charge < -0.3 is 4.43 Å². The van der Waals surface area contributed by atoms with Crippen molar-refractivity contribution in [3.05, 3.63) is 24.4 Å². The third-order valence-electron chi connectivity index (χ3n) is 3.85. The van der Waals surface area contributed by atoms with Crippen molar-refractivity contribution in [2.75, 3.05) is 0 Å². The Morgan fingerprint density at radius 1 is 1.22 bits per heavy atom. The number of aromatic nitrogens is 2. The average molecular weight is 263 g/mol. The van der Waals surface area contributed by atoms with Gasteiger partial charge >= 0.3 is 0 Å². The predicted molar refractivity (Wildman–Crippen MR) is 77.3 cm³/mol. The molecule has 0 aliphatic heterocycles. The summed E-state index contributed by atoms with van der Waals surface area (Å²) in [6.07, 6.45) is 2.08. The van der Waals surface area contributed by atoms with Crippen LogP contribution in [0, 0.1) is 0 Å². The summed E-state index contributed by atoms with van der Waals surface area (Å²) >= 11 is 0. The summed E-state index contributed by atoms with van der Waals surface area (Å²) in [7, 11) is 0.213. The van der Waals surface area contributed by atoms with Gasteiger partial charge in [0.25, 0.3) is 8.32 Å². The number of para-hydroxylation sites is 1. The van der Waals surface area contributed by atoms with Crippen molar-refractivity contribution in [2.24, 2.45) is 7.05 Å². The molecule has 0 radical (unpaired) electrons. The van der Waals surface area contributed by atoms with Crippen LogP contribution in [-0.2, 0) is 7.05 Å². The second-order valence-electron chi connectivity index (χ2n) is 6.43. The molecule has 3 nitrogen and oxygen atoms in total. The highest BCUT2D eigenvalue weighted by molar-refractivity contribution is 6.74. The van der Waals surface area contributed by atoms with Gasteiger partial charge in [-0.15, -0.1) is 4.68 Å². The van der Waals surface area contributed by atoms with Crippen LogP contribution in [0.2, 0.25) is 18.1 Å². The van der Waals surface area contributed by atoms with Crippen LogP contribution in [0.4, 0.5) is 0 Å². The number of nitrogens with one attached hydrogen (secondary N) is 1. The van der Waals surface area contributed by atoms with E-state index in [0.717, 1.165) is 11.3 Å². The van der Waals surface area contributed by atoms with E-state index >= 15 is 0 Å². The molecule has 0 aliphatic rings. The number of fused-ring (bicyclic) bond motifs is 1. The van der Waals surface area contributed by atoms with Crippen LogP contribution in [0.1, 0.15) is 20.8 Å². The van der Waals surface area contributed by atoms with Crippen LogP contribution in [0.25, 0.3) is 10.9 Å². The van der Waals surface area contributed by atoms with Gasteiger partial charge in [0.05, 0.1) is 5.39 Å². The van der Waals surface area contributed by atoms with E-state index in [1.165, 1.54) is 5.39 Å². The standard InChI is InChI=1S/C14H22N2OSi/c1-14(2,3)18(5,6)17-12-9-7-8-11-10-16(4)15-13(11)12/h7-10H,1-6H3/p+1. The highest BCUT2D eigenvalue weighted by atomic mass is 28.4. The summed E-state index contributed by atoms with van der Waals surface area (Å²) in [4.78, 5) is 0. The topological polar surface area (TPSA) is 28.9 Å². The molecule has 1 heterocycles. The summed E-state index contributed by atoms with van der Waals surface area (Å²) < 4.78 is 8.35. The van der Waals surface area contributed by atoms with E-state index in [-0.39, 0.29) is 5.04 Å². The third-order valence-corrected chi connectivity index (χ3v) is 8.19. The summed E-state index contributed by atoms with van der Waals surface area (Å²) in [5.41, 5.74) is 1.09. The molecule has 0 unspecified atom stereocenters. The molecular formula is C14H23N2OSi+. The van der Waals surface area contributed by atoms with Crippen molar-refractivity contribution in [1.82, 2.24) is 5.10 Å². The molecule has 0 saturated carbocycles. The van der Waals surface area contributed by atoms with Gasteiger partial charge in [-0.3, -0.25) is 0 Å². The van der Waals surface area contributed by atoms with E-state index in [1.54, 1.807) is 0 Å². The Morgan fingerprint density at radius 2 is 1.89 bits per heavy atom. The van der Waals surface area contributed by atoms with Gasteiger partial charge in [-0.1, -0.05) is 26.8 Å². The molecule has 0 atom stereocenters. The molecular weight excluding hydrogens is 240 g/mol. The number of nitrogens with zero attached hydrogens (tertiary/aromatic N) is 1. The molecule has 0 spiro atoms. The van der Waals surface area contributed by atoms with Crippen molar-refractivity contribution in [2.45, 2.75) is 38.9 Å². The largest absolute Gasteiger partial charge is 0.542 e. The highest BCUT2D eigenvalue weighted by Gasteiger charge is 2.39. The van der Waals surface area contributed by atoms with Crippen LogP contribution in [0.15, 0.2) is 24.4 Å². The molecule has 4 heteroatoms. The smallest absolute Gasteiger partial charge is 0.250 e. The second kappa shape index (κ2) is 4.12. The van der Waals surface area contributed by atoms with Crippen LogP contribution in [0.5, 0.6) is 5.75 Å².